The summed E-state index contributed by atoms with van der Waals surface area (Å²) in [7, 11) is 1.64. The van der Waals surface area contributed by atoms with Crippen molar-refractivity contribution >= 4 is 5.97 Å². The van der Waals surface area contributed by atoms with E-state index >= 15 is 0 Å². The van der Waals surface area contributed by atoms with E-state index in [4.69, 9.17) is 9.47 Å². The van der Waals surface area contributed by atoms with Gasteiger partial charge in [0.25, 0.3) is 0 Å². The summed E-state index contributed by atoms with van der Waals surface area (Å²) < 4.78 is 11.1. The number of ether oxygens (including phenoxy) is 2. The number of methoxy groups -OCH3 is 1. The van der Waals surface area contributed by atoms with Crippen molar-refractivity contribution in [1.29, 1.82) is 0 Å². The Morgan fingerprint density at radius 2 is 1.81 bits per heavy atom. The van der Waals surface area contributed by atoms with Crippen molar-refractivity contribution in [3.63, 3.8) is 0 Å². The Balaban J connectivity index is 2.08. The molecular weight excluding hydrogens is 342 g/mol. The minimum absolute atomic E-state index is 0.165. The number of aliphatic carboxylic acids is 1. The zero-order valence-corrected chi connectivity index (χ0v) is 15.9. The minimum Gasteiger partial charge on any atom is -0.497 e. The van der Waals surface area contributed by atoms with Crippen molar-refractivity contribution in [2.24, 2.45) is 0 Å². The van der Waals surface area contributed by atoms with Crippen LogP contribution in [-0.2, 0) is 4.79 Å². The summed E-state index contributed by atoms with van der Waals surface area (Å²) in [5.41, 5.74) is 2.05. The van der Waals surface area contributed by atoms with E-state index in [1.54, 1.807) is 7.11 Å². The molecule has 0 bridgehead atoms. The number of piperidine rings is 1. The van der Waals surface area contributed by atoms with E-state index in [-0.39, 0.29) is 6.04 Å². The summed E-state index contributed by atoms with van der Waals surface area (Å²) in [4.78, 5) is 14.0. The van der Waals surface area contributed by atoms with E-state index in [9.17, 15) is 9.90 Å². The second-order valence-electron chi connectivity index (χ2n) is 6.77. The lowest BCUT2D eigenvalue weighted by Crippen LogP contribution is -2.46. The highest BCUT2D eigenvalue weighted by molar-refractivity contribution is 5.73. The topological polar surface area (TPSA) is 59.0 Å². The molecule has 0 radical (unpaired) electrons. The van der Waals surface area contributed by atoms with Gasteiger partial charge in [-0.25, -0.2) is 0 Å². The molecule has 144 valence electrons. The number of benzene rings is 2. The van der Waals surface area contributed by atoms with Crippen LogP contribution in [0.1, 0.15) is 43.4 Å². The highest BCUT2D eigenvalue weighted by Gasteiger charge is 2.35. The van der Waals surface area contributed by atoms with Crippen molar-refractivity contribution < 1.29 is 19.4 Å². The molecule has 0 aromatic heterocycles. The summed E-state index contributed by atoms with van der Waals surface area (Å²) in [6.07, 6.45) is 2.60. The van der Waals surface area contributed by atoms with Crippen LogP contribution >= 0.6 is 0 Å². The number of nitrogens with zero attached hydrogens (tertiary/aromatic N) is 1. The van der Waals surface area contributed by atoms with Gasteiger partial charge in [0.1, 0.15) is 17.5 Å². The number of carbonyl (C=O) groups is 1. The molecule has 1 saturated heterocycles. The second-order valence-corrected chi connectivity index (χ2v) is 6.77. The van der Waals surface area contributed by atoms with Gasteiger partial charge >= 0.3 is 5.97 Å². The Kier molecular flexibility index (Phi) is 6.35. The fourth-order valence-electron chi connectivity index (χ4n) is 3.86. The Labute approximate surface area is 160 Å². The lowest BCUT2D eigenvalue weighted by Gasteiger charge is -2.39. The maximum atomic E-state index is 11.9. The van der Waals surface area contributed by atoms with E-state index < -0.39 is 12.0 Å². The summed E-state index contributed by atoms with van der Waals surface area (Å²) in [6, 6.07) is 15.2. The molecule has 1 aliphatic rings. The van der Waals surface area contributed by atoms with Crippen molar-refractivity contribution in [2.75, 3.05) is 20.3 Å². The van der Waals surface area contributed by atoms with Crippen molar-refractivity contribution in [2.45, 2.75) is 38.3 Å². The molecular formula is C22H27NO4. The molecule has 0 amide bonds. The zero-order chi connectivity index (χ0) is 19.2. The van der Waals surface area contributed by atoms with E-state index in [1.807, 2.05) is 55.5 Å². The number of likely N-dealkylation sites (tertiary alicyclic amines) is 1. The molecule has 5 nitrogen and oxygen atoms in total. The third-order valence-corrected chi connectivity index (χ3v) is 5.06. The molecule has 1 aliphatic heterocycles. The van der Waals surface area contributed by atoms with Gasteiger partial charge in [0.05, 0.1) is 19.8 Å². The highest BCUT2D eigenvalue weighted by atomic mass is 16.5. The molecule has 5 heteroatoms. The lowest BCUT2D eigenvalue weighted by molar-refractivity contribution is -0.145. The average Bonchev–Trinajstić information content (AvgIpc) is 2.69. The lowest BCUT2D eigenvalue weighted by atomic mass is 9.91. The first-order chi connectivity index (χ1) is 13.1. The van der Waals surface area contributed by atoms with Crippen molar-refractivity contribution in [3.8, 4) is 11.5 Å². The van der Waals surface area contributed by atoms with E-state index in [1.165, 1.54) is 0 Å². The van der Waals surface area contributed by atoms with Gasteiger partial charge in [0.2, 0.25) is 0 Å². The maximum Gasteiger partial charge on any atom is 0.320 e. The number of hydrogen-bond donors (Lipinski definition) is 1. The quantitative estimate of drug-likeness (QED) is 0.795. The molecule has 2 unspecified atom stereocenters. The fraction of sp³-hybridized carbons (Fsp3) is 0.409. The average molecular weight is 369 g/mol. The normalized spacial score (nSPS) is 18.7. The van der Waals surface area contributed by atoms with Gasteiger partial charge in [-0.3, -0.25) is 9.69 Å². The molecule has 1 heterocycles. The summed E-state index contributed by atoms with van der Waals surface area (Å²) in [6.45, 7) is 3.30. The first kappa shape index (κ1) is 19.2. The smallest absolute Gasteiger partial charge is 0.320 e. The molecule has 0 spiro atoms. The minimum atomic E-state index is -0.761. The van der Waals surface area contributed by atoms with E-state index in [0.29, 0.717) is 13.0 Å². The molecule has 0 aliphatic carbocycles. The van der Waals surface area contributed by atoms with Gasteiger partial charge in [-0.15, -0.1) is 0 Å². The van der Waals surface area contributed by atoms with Gasteiger partial charge in [-0.1, -0.05) is 30.7 Å². The van der Waals surface area contributed by atoms with Crippen LogP contribution in [0.3, 0.4) is 0 Å². The van der Waals surface area contributed by atoms with Gasteiger partial charge < -0.3 is 14.6 Å². The maximum absolute atomic E-state index is 11.9. The number of rotatable bonds is 7. The van der Waals surface area contributed by atoms with Crippen LogP contribution in [0, 0.1) is 0 Å². The summed E-state index contributed by atoms with van der Waals surface area (Å²) >= 11 is 0. The summed E-state index contributed by atoms with van der Waals surface area (Å²) in [5, 5.41) is 9.80. The van der Waals surface area contributed by atoms with Gasteiger partial charge in [-0.2, -0.15) is 0 Å². The first-order valence-electron chi connectivity index (χ1n) is 9.49. The predicted octanol–water partition coefficient (Wildman–Crippen LogP) is 4.12. The highest BCUT2D eigenvalue weighted by Crippen LogP contribution is 2.36. The molecule has 2 atom stereocenters. The Hall–Kier alpha value is -2.53. The van der Waals surface area contributed by atoms with E-state index in [2.05, 4.69) is 4.90 Å². The van der Waals surface area contributed by atoms with Gasteiger partial charge in [-0.05, 0) is 61.7 Å². The number of carboxylic acids is 1. The van der Waals surface area contributed by atoms with Crippen LogP contribution < -0.4 is 9.47 Å². The Bertz CT molecular complexity index is 776. The Morgan fingerprint density at radius 3 is 2.44 bits per heavy atom. The molecule has 2 aromatic carbocycles. The molecule has 3 rings (SSSR count). The van der Waals surface area contributed by atoms with Crippen LogP contribution in [-0.4, -0.2) is 42.3 Å². The monoisotopic (exact) mass is 369 g/mol. The first-order valence-corrected chi connectivity index (χ1v) is 9.49. The Morgan fingerprint density at radius 1 is 1.15 bits per heavy atom. The molecule has 0 saturated carbocycles. The fourth-order valence-corrected chi connectivity index (χ4v) is 3.86. The molecule has 27 heavy (non-hydrogen) atoms. The predicted molar refractivity (Wildman–Crippen MR) is 104 cm³/mol. The SMILES string of the molecule is CCOc1cccc(C(c2cccc(OC)c2)N2CCCCC2C(=O)O)c1. The van der Waals surface area contributed by atoms with Crippen LogP contribution in [0.15, 0.2) is 48.5 Å². The van der Waals surface area contributed by atoms with E-state index in [0.717, 1.165) is 42.0 Å². The summed E-state index contributed by atoms with van der Waals surface area (Å²) in [5.74, 6) is 0.803. The zero-order valence-electron chi connectivity index (χ0n) is 15.9. The van der Waals surface area contributed by atoms with Crippen molar-refractivity contribution in [3.05, 3.63) is 59.7 Å². The molecule has 1 fully saturated rings. The standard InChI is InChI=1S/C22H27NO4/c1-3-27-19-11-7-9-17(15-19)21(16-8-6-10-18(14-16)26-2)23-13-5-4-12-20(23)22(24)25/h6-11,14-15,20-21H,3-5,12-13H2,1-2H3,(H,24,25). The van der Waals surface area contributed by atoms with Gasteiger partial charge in [0, 0.05) is 0 Å². The van der Waals surface area contributed by atoms with Crippen LogP contribution in [0.2, 0.25) is 0 Å². The molecule has 2 aromatic rings. The van der Waals surface area contributed by atoms with Crippen LogP contribution in [0.5, 0.6) is 11.5 Å². The molecule has 1 N–H and O–H groups in total. The van der Waals surface area contributed by atoms with Gasteiger partial charge in [0.15, 0.2) is 0 Å². The second kappa shape index (κ2) is 8.91. The van der Waals surface area contributed by atoms with Crippen molar-refractivity contribution in [1.82, 2.24) is 4.90 Å². The third-order valence-electron chi connectivity index (χ3n) is 5.06. The number of carboxylic acid groups (broad SMARTS) is 1. The van der Waals surface area contributed by atoms with Crippen LogP contribution in [0.25, 0.3) is 0 Å². The number of hydrogen-bond acceptors (Lipinski definition) is 4. The van der Waals surface area contributed by atoms with Crippen LogP contribution in [0.4, 0.5) is 0 Å². The largest absolute Gasteiger partial charge is 0.497 e. The third kappa shape index (κ3) is 4.42.